The summed E-state index contributed by atoms with van der Waals surface area (Å²) in [5, 5.41) is 28.2. The zero-order valence-electron chi connectivity index (χ0n) is 26.3. The second-order valence-corrected chi connectivity index (χ2v) is 12.0. The van der Waals surface area contributed by atoms with Crippen molar-refractivity contribution in [2.24, 2.45) is 0 Å². The number of hydrogen-bond donors (Lipinski definition) is 1. The molecule has 0 aliphatic rings. The van der Waals surface area contributed by atoms with Crippen molar-refractivity contribution >= 4 is 55.0 Å². The number of aromatic nitrogens is 2. The topological polar surface area (TPSA) is 69.5 Å². The van der Waals surface area contributed by atoms with E-state index in [1.165, 1.54) is 0 Å². The molecule has 0 radical (unpaired) electrons. The molecule has 2 aromatic heterocycles. The first kappa shape index (κ1) is 28.2. The molecular formula is C44H27N5. The van der Waals surface area contributed by atoms with Crippen molar-refractivity contribution in [1.29, 1.82) is 10.5 Å². The highest BCUT2D eigenvalue weighted by Gasteiger charge is 2.24. The Labute approximate surface area is 282 Å². The predicted molar refractivity (Wildman–Crippen MR) is 200 cm³/mol. The average Bonchev–Trinajstić information content (AvgIpc) is 3.68. The van der Waals surface area contributed by atoms with E-state index >= 15 is 0 Å². The van der Waals surface area contributed by atoms with Crippen LogP contribution >= 0.6 is 0 Å². The first-order chi connectivity index (χ1) is 24.3. The van der Waals surface area contributed by atoms with E-state index in [9.17, 15) is 10.5 Å². The minimum atomic E-state index is 0.581. The molecule has 5 nitrogen and oxygen atoms in total. The molecular weight excluding hydrogens is 599 g/mol. The Bertz CT molecular complexity index is 2810. The van der Waals surface area contributed by atoms with Crippen LogP contribution in [-0.4, -0.2) is 9.13 Å². The molecule has 49 heavy (non-hydrogen) atoms. The van der Waals surface area contributed by atoms with Gasteiger partial charge in [-0.1, -0.05) is 103 Å². The molecule has 0 saturated carbocycles. The fraction of sp³-hybridized carbons (Fsp3) is 0. The van der Waals surface area contributed by atoms with E-state index in [0.717, 1.165) is 77.5 Å². The van der Waals surface area contributed by atoms with Gasteiger partial charge in [-0.05, 0) is 60.2 Å². The number of anilines is 2. The Hall–Kier alpha value is -7.08. The Morgan fingerprint density at radius 1 is 0.449 bits per heavy atom. The van der Waals surface area contributed by atoms with E-state index in [0.29, 0.717) is 11.1 Å². The highest BCUT2D eigenvalue weighted by Crippen LogP contribution is 2.47. The molecule has 0 unspecified atom stereocenters. The quantitative estimate of drug-likeness (QED) is 0.207. The molecule has 1 N–H and O–H groups in total. The van der Waals surface area contributed by atoms with Gasteiger partial charge in [0.2, 0.25) is 0 Å². The lowest BCUT2D eigenvalue weighted by Gasteiger charge is -2.17. The van der Waals surface area contributed by atoms with Gasteiger partial charge in [0.25, 0.3) is 0 Å². The van der Waals surface area contributed by atoms with Crippen LogP contribution in [0.25, 0.3) is 66.1 Å². The smallest absolute Gasteiger partial charge is 0.101 e. The molecule has 0 amide bonds. The number of fused-ring (bicyclic) bond motifs is 7. The van der Waals surface area contributed by atoms with Gasteiger partial charge in [-0.2, -0.15) is 10.5 Å². The summed E-state index contributed by atoms with van der Waals surface area (Å²) < 4.78 is 4.61. The Kier molecular flexibility index (Phi) is 6.50. The third-order valence-electron chi connectivity index (χ3n) is 9.39. The molecule has 2 heterocycles. The van der Waals surface area contributed by atoms with Crippen LogP contribution in [-0.2, 0) is 0 Å². The monoisotopic (exact) mass is 625 g/mol. The predicted octanol–water partition coefficient (Wildman–Crippen LogP) is 11.0. The van der Waals surface area contributed by atoms with Gasteiger partial charge in [0.15, 0.2) is 0 Å². The average molecular weight is 626 g/mol. The second kappa shape index (κ2) is 11.3. The van der Waals surface area contributed by atoms with Crippen LogP contribution in [0, 0.1) is 22.7 Å². The van der Waals surface area contributed by atoms with Crippen molar-refractivity contribution < 1.29 is 0 Å². The van der Waals surface area contributed by atoms with Crippen LogP contribution in [0.3, 0.4) is 0 Å². The summed E-state index contributed by atoms with van der Waals surface area (Å²) in [6, 6.07) is 58.3. The van der Waals surface area contributed by atoms with Gasteiger partial charge in [-0.25, -0.2) is 0 Å². The van der Waals surface area contributed by atoms with Gasteiger partial charge in [0.05, 0.1) is 44.6 Å². The molecule has 228 valence electrons. The van der Waals surface area contributed by atoms with E-state index in [2.05, 4.69) is 124 Å². The Balaban J connectivity index is 1.49. The van der Waals surface area contributed by atoms with Gasteiger partial charge in [-0.15, -0.1) is 0 Å². The third-order valence-corrected chi connectivity index (χ3v) is 9.39. The molecule has 0 spiro atoms. The van der Waals surface area contributed by atoms with Crippen LogP contribution in [0.1, 0.15) is 11.1 Å². The van der Waals surface area contributed by atoms with E-state index in [-0.39, 0.29) is 0 Å². The van der Waals surface area contributed by atoms with E-state index in [1.807, 2.05) is 60.7 Å². The fourth-order valence-electron chi connectivity index (χ4n) is 7.34. The Morgan fingerprint density at radius 2 is 1.08 bits per heavy atom. The minimum absolute atomic E-state index is 0.581. The number of rotatable bonds is 5. The van der Waals surface area contributed by atoms with E-state index < -0.39 is 0 Å². The number of nitriles is 2. The highest BCUT2D eigenvalue weighted by molar-refractivity contribution is 6.28. The van der Waals surface area contributed by atoms with Gasteiger partial charge in [0, 0.05) is 38.5 Å². The fourth-order valence-corrected chi connectivity index (χ4v) is 7.34. The lowest BCUT2D eigenvalue weighted by molar-refractivity contribution is 1.16. The molecule has 9 aromatic rings. The maximum absolute atomic E-state index is 10.1. The molecule has 0 aliphatic heterocycles. The van der Waals surface area contributed by atoms with E-state index in [1.54, 1.807) is 0 Å². The van der Waals surface area contributed by atoms with Crippen molar-refractivity contribution in [2.75, 3.05) is 5.32 Å². The number of para-hydroxylation sites is 4. The summed E-state index contributed by atoms with van der Waals surface area (Å²) in [7, 11) is 0. The largest absolute Gasteiger partial charge is 0.354 e. The minimum Gasteiger partial charge on any atom is -0.354 e. The lowest BCUT2D eigenvalue weighted by Crippen LogP contribution is -2.00. The molecule has 9 rings (SSSR count). The molecule has 0 aliphatic carbocycles. The third kappa shape index (κ3) is 4.31. The molecule has 0 saturated heterocycles. The summed E-state index contributed by atoms with van der Waals surface area (Å²) in [6.45, 7) is 0. The van der Waals surface area contributed by atoms with Crippen LogP contribution in [0.2, 0.25) is 0 Å². The summed E-state index contributed by atoms with van der Waals surface area (Å²) >= 11 is 0. The summed E-state index contributed by atoms with van der Waals surface area (Å²) in [5.41, 5.74) is 11.1. The zero-order chi connectivity index (χ0) is 32.9. The first-order valence-corrected chi connectivity index (χ1v) is 16.2. The maximum atomic E-state index is 10.1. The maximum Gasteiger partial charge on any atom is 0.101 e. The van der Waals surface area contributed by atoms with E-state index in [4.69, 9.17) is 0 Å². The molecule has 5 heteroatoms. The zero-order valence-corrected chi connectivity index (χ0v) is 26.3. The van der Waals surface area contributed by atoms with Crippen molar-refractivity contribution in [3.05, 3.63) is 169 Å². The normalized spacial score (nSPS) is 11.2. The van der Waals surface area contributed by atoms with Gasteiger partial charge in [-0.3, -0.25) is 0 Å². The first-order valence-electron chi connectivity index (χ1n) is 16.2. The lowest BCUT2D eigenvalue weighted by atomic mass is 9.99. The van der Waals surface area contributed by atoms with Crippen molar-refractivity contribution in [3.63, 3.8) is 0 Å². The van der Waals surface area contributed by atoms with Crippen LogP contribution < -0.4 is 5.32 Å². The van der Waals surface area contributed by atoms with Crippen LogP contribution in [0.15, 0.2) is 158 Å². The number of benzene rings is 7. The van der Waals surface area contributed by atoms with Crippen LogP contribution in [0.5, 0.6) is 0 Å². The van der Waals surface area contributed by atoms with Gasteiger partial charge >= 0.3 is 0 Å². The molecule has 0 bridgehead atoms. The van der Waals surface area contributed by atoms with Gasteiger partial charge in [0.1, 0.15) is 12.1 Å². The summed E-state index contributed by atoms with van der Waals surface area (Å²) in [4.78, 5) is 0. The summed E-state index contributed by atoms with van der Waals surface area (Å²) in [6.07, 6.45) is 0. The molecule has 0 atom stereocenters. The van der Waals surface area contributed by atoms with Crippen molar-refractivity contribution in [2.45, 2.75) is 0 Å². The molecule has 7 aromatic carbocycles. The van der Waals surface area contributed by atoms with Crippen molar-refractivity contribution in [3.8, 4) is 34.6 Å². The number of nitrogens with one attached hydrogen (secondary N) is 1. The molecule has 0 fully saturated rings. The second-order valence-electron chi connectivity index (χ2n) is 12.0. The standard InChI is InChI=1S/C44H27N5/c45-27-30-15-7-10-20-36(30)47-37-25-23-33-34-24-26-40-42(35-19-9-12-22-39(35)49(40)38-21-11-8-16-31(38)28-46)44(34)48(32-17-5-2-6-18-32)43(33)41(37)29-13-3-1-4-14-29/h1-26,47H. The highest BCUT2D eigenvalue weighted by atomic mass is 15.0. The van der Waals surface area contributed by atoms with Gasteiger partial charge < -0.3 is 14.5 Å². The van der Waals surface area contributed by atoms with Crippen LogP contribution in [0.4, 0.5) is 11.4 Å². The number of nitrogens with zero attached hydrogens (tertiary/aromatic N) is 4. The summed E-state index contributed by atoms with van der Waals surface area (Å²) in [5.74, 6) is 0. The SMILES string of the molecule is N#Cc1ccccc1Nc1ccc2c3ccc4c(c5ccccc5n4-c4ccccc4C#N)c3n(-c3ccccc3)c2c1-c1ccccc1. The Morgan fingerprint density at radius 3 is 1.88 bits per heavy atom. The van der Waals surface area contributed by atoms with Crippen molar-refractivity contribution in [1.82, 2.24) is 9.13 Å². The number of hydrogen-bond acceptors (Lipinski definition) is 3.